The van der Waals surface area contributed by atoms with Crippen LogP contribution in [0.5, 0.6) is 0 Å². The normalized spacial score (nSPS) is 12.8. The third-order valence-electron chi connectivity index (χ3n) is 1.27. The molecule has 0 saturated carbocycles. The average Bonchev–Trinajstić information content (AvgIpc) is 1.98. The Hall–Kier alpha value is 0.900. The van der Waals surface area contributed by atoms with E-state index in [0.717, 1.165) is 19.3 Å². The molecule has 0 aliphatic heterocycles. The summed E-state index contributed by atoms with van der Waals surface area (Å²) < 4.78 is 0.0720. The summed E-state index contributed by atoms with van der Waals surface area (Å²) in [4.78, 5) is 0. The van der Waals surface area contributed by atoms with E-state index in [1.54, 1.807) is 0 Å². The van der Waals surface area contributed by atoms with Crippen LogP contribution in [0.25, 0.3) is 0 Å². The van der Waals surface area contributed by atoms with Crippen LogP contribution < -0.4 is 0 Å². The van der Waals surface area contributed by atoms with E-state index >= 15 is 0 Å². The minimum Gasteiger partial charge on any atom is -0.117 e. The lowest BCUT2D eigenvalue weighted by atomic mass is 10.2. The molecule has 0 nitrogen and oxygen atoms in total. The Morgan fingerprint density at radius 2 is 1.82 bits per heavy atom. The van der Waals surface area contributed by atoms with Crippen molar-refractivity contribution in [3.63, 3.8) is 0 Å². The highest BCUT2D eigenvalue weighted by Crippen LogP contribution is 2.27. The summed E-state index contributed by atoms with van der Waals surface area (Å²) in [6.45, 7) is 2.09. The van der Waals surface area contributed by atoms with E-state index < -0.39 is 0 Å². The second-order valence-corrected chi connectivity index (χ2v) is 4.10. The summed E-state index contributed by atoms with van der Waals surface area (Å²) in [5, 5.41) is 0.116. The van der Waals surface area contributed by atoms with Crippen molar-refractivity contribution in [1.29, 1.82) is 0 Å². The summed E-state index contributed by atoms with van der Waals surface area (Å²) in [5.41, 5.74) is 0. The predicted molar refractivity (Wildman–Crippen MR) is 53.8 cm³/mol. The summed E-state index contributed by atoms with van der Waals surface area (Å²) in [6.07, 6.45) is 2.94. The molecule has 0 aliphatic rings. The Morgan fingerprint density at radius 3 is 2.18 bits per heavy atom. The number of allylic oxidation sites excluding steroid dienone is 1. The number of alkyl halides is 1. The van der Waals surface area contributed by atoms with E-state index in [2.05, 4.69) is 6.92 Å². The Morgan fingerprint density at radius 1 is 1.27 bits per heavy atom. The van der Waals surface area contributed by atoms with Crippen molar-refractivity contribution in [3.05, 3.63) is 9.52 Å². The molecule has 0 spiro atoms. The lowest BCUT2D eigenvalue weighted by molar-refractivity contribution is 0.729. The smallest absolute Gasteiger partial charge is 0.117 e. The van der Waals surface area contributed by atoms with Crippen LogP contribution >= 0.6 is 46.4 Å². The maximum absolute atomic E-state index is 5.85. The quantitative estimate of drug-likeness (QED) is 0.622. The summed E-state index contributed by atoms with van der Waals surface area (Å²) >= 11 is 22.4. The van der Waals surface area contributed by atoms with Gasteiger partial charge in [-0.05, 0) is 6.42 Å². The van der Waals surface area contributed by atoms with Crippen LogP contribution in [0.15, 0.2) is 9.52 Å². The van der Waals surface area contributed by atoms with Crippen LogP contribution in [0.4, 0.5) is 0 Å². The van der Waals surface area contributed by atoms with Crippen LogP contribution in [0.3, 0.4) is 0 Å². The molecule has 66 valence electrons. The number of hydrogen-bond donors (Lipinski definition) is 0. The third-order valence-corrected chi connectivity index (χ3v) is 2.87. The first kappa shape index (κ1) is 11.9. The van der Waals surface area contributed by atoms with Gasteiger partial charge >= 0.3 is 0 Å². The maximum Gasteiger partial charge on any atom is 0.122 e. The maximum atomic E-state index is 5.85. The molecular formula is C7H10Cl4. The van der Waals surface area contributed by atoms with Gasteiger partial charge in [-0.1, -0.05) is 54.6 Å². The van der Waals surface area contributed by atoms with Gasteiger partial charge in [-0.25, -0.2) is 0 Å². The van der Waals surface area contributed by atoms with Gasteiger partial charge in [0.2, 0.25) is 0 Å². The first-order valence-electron chi connectivity index (χ1n) is 3.44. The van der Waals surface area contributed by atoms with Crippen LogP contribution in [-0.4, -0.2) is 5.38 Å². The van der Waals surface area contributed by atoms with E-state index in [0.29, 0.717) is 5.03 Å². The molecule has 0 amide bonds. The second kappa shape index (κ2) is 6.42. The van der Waals surface area contributed by atoms with Crippen LogP contribution in [0.2, 0.25) is 0 Å². The highest BCUT2D eigenvalue weighted by molar-refractivity contribution is 6.60. The minimum atomic E-state index is -0.235. The molecule has 1 atom stereocenters. The summed E-state index contributed by atoms with van der Waals surface area (Å²) in [6, 6.07) is 0. The fourth-order valence-electron chi connectivity index (χ4n) is 0.628. The van der Waals surface area contributed by atoms with Crippen molar-refractivity contribution in [1.82, 2.24) is 0 Å². The van der Waals surface area contributed by atoms with Crippen molar-refractivity contribution in [3.8, 4) is 0 Å². The Labute approximate surface area is 87.5 Å². The molecule has 0 saturated heterocycles. The fourth-order valence-corrected chi connectivity index (χ4v) is 1.38. The molecule has 0 aromatic rings. The number of halogens is 4. The topological polar surface area (TPSA) is 0 Å². The highest BCUT2D eigenvalue weighted by atomic mass is 35.5. The van der Waals surface area contributed by atoms with Gasteiger partial charge in [-0.2, -0.15) is 0 Å². The summed E-state index contributed by atoms with van der Waals surface area (Å²) in [7, 11) is 0. The molecule has 11 heavy (non-hydrogen) atoms. The van der Waals surface area contributed by atoms with Crippen molar-refractivity contribution in [2.24, 2.45) is 0 Å². The molecular weight excluding hydrogens is 226 g/mol. The zero-order valence-electron chi connectivity index (χ0n) is 6.21. The molecule has 0 bridgehead atoms. The van der Waals surface area contributed by atoms with E-state index in [1.165, 1.54) is 0 Å². The zero-order chi connectivity index (χ0) is 8.85. The fraction of sp³-hybridized carbons (Fsp3) is 0.714. The van der Waals surface area contributed by atoms with Crippen molar-refractivity contribution in [2.45, 2.75) is 31.6 Å². The van der Waals surface area contributed by atoms with Crippen LogP contribution in [0.1, 0.15) is 26.2 Å². The average molecular weight is 236 g/mol. The number of unbranched alkanes of at least 4 members (excludes halogenated alkanes) is 1. The van der Waals surface area contributed by atoms with Gasteiger partial charge in [0, 0.05) is 0 Å². The monoisotopic (exact) mass is 234 g/mol. The molecule has 0 rings (SSSR count). The molecule has 0 radical (unpaired) electrons. The van der Waals surface area contributed by atoms with Crippen LogP contribution in [-0.2, 0) is 0 Å². The van der Waals surface area contributed by atoms with Crippen molar-refractivity contribution < 1.29 is 0 Å². The van der Waals surface area contributed by atoms with E-state index in [9.17, 15) is 0 Å². The SMILES string of the molecule is CCCCC(Cl)C(Cl)=C(Cl)Cl. The van der Waals surface area contributed by atoms with Gasteiger partial charge in [0.05, 0.1) is 10.4 Å². The van der Waals surface area contributed by atoms with Gasteiger partial charge in [-0.3, -0.25) is 0 Å². The van der Waals surface area contributed by atoms with Gasteiger partial charge in [0.25, 0.3) is 0 Å². The number of hydrogen-bond acceptors (Lipinski definition) is 0. The van der Waals surface area contributed by atoms with Crippen molar-refractivity contribution >= 4 is 46.4 Å². The van der Waals surface area contributed by atoms with Crippen molar-refractivity contribution in [2.75, 3.05) is 0 Å². The zero-order valence-corrected chi connectivity index (χ0v) is 9.23. The van der Waals surface area contributed by atoms with Crippen LogP contribution in [0, 0.1) is 0 Å². The molecule has 1 unspecified atom stereocenters. The third kappa shape index (κ3) is 5.19. The molecule has 4 heteroatoms. The first-order valence-corrected chi connectivity index (χ1v) is 5.01. The predicted octanol–water partition coefficient (Wildman–Crippen LogP) is 4.67. The van der Waals surface area contributed by atoms with Gasteiger partial charge in [-0.15, -0.1) is 11.6 Å². The van der Waals surface area contributed by atoms with Gasteiger partial charge in [0.15, 0.2) is 0 Å². The second-order valence-electron chi connectivity index (χ2n) is 2.22. The molecule has 0 N–H and O–H groups in total. The van der Waals surface area contributed by atoms with Gasteiger partial charge in [0.1, 0.15) is 4.49 Å². The largest absolute Gasteiger partial charge is 0.122 e. The first-order chi connectivity index (χ1) is 5.09. The van der Waals surface area contributed by atoms with E-state index in [-0.39, 0.29) is 9.87 Å². The Bertz CT molecular complexity index is 137. The standard InChI is InChI=1S/C7H10Cl4/c1-2-3-4-5(8)6(9)7(10)11/h5H,2-4H2,1H3. The van der Waals surface area contributed by atoms with Gasteiger partial charge < -0.3 is 0 Å². The molecule has 0 aliphatic carbocycles. The lowest BCUT2D eigenvalue weighted by Gasteiger charge is -2.06. The number of rotatable bonds is 4. The molecule has 0 aromatic heterocycles. The molecule has 0 aromatic carbocycles. The molecule has 0 heterocycles. The molecule has 0 fully saturated rings. The van der Waals surface area contributed by atoms with E-state index in [4.69, 9.17) is 46.4 Å². The Balaban J connectivity index is 3.83. The Kier molecular flexibility index (Phi) is 6.94. The minimum absolute atomic E-state index is 0.0720. The highest BCUT2D eigenvalue weighted by Gasteiger charge is 2.11. The van der Waals surface area contributed by atoms with E-state index in [1.807, 2.05) is 0 Å². The summed E-state index contributed by atoms with van der Waals surface area (Å²) in [5.74, 6) is 0. The lowest BCUT2D eigenvalue weighted by Crippen LogP contribution is -1.98.